The van der Waals surface area contributed by atoms with Crippen LogP contribution in [0, 0.1) is 6.92 Å². The highest BCUT2D eigenvalue weighted by molar-refractivity contribution is 5.97. The molecule has 0 unspecified atom stereocenters. The van der Waals surface area contributed by atoms with Crippen molar-refractivity contribution in [1.29, 1.82) is 0 Å². The summed E-state index contributed by atoms with van der Waals surface area (Å²) in [5.41, 5.74) is 3.09. The number of nitrogens with zero attached hydrogens (tertiary/aromatic N) is 5. The molecule has 1 aliphatic heterocycles. The number of aryl methyl sites for hydroxylation is 2. The second-order valence-electron chi connectivity index (χ2n) is 6.04. The number of imidazole rings is 1. The number of rotatable bonds is 2. The highest BCUT2D eigenvalue weighted by atomic mass is 16.2. The molecule has 0 radical (unpaired) electrons. The van der Waals surface area contributed by atoms with E-state index in [1.165, 1.54) is 0 Å². The Morgan fingerprint density at radius 1 is 1.30 bits per heavy atom. The lowest BCUT2D eigenvalue weighted by molar-refractivity contribution is 0.0728. The van der Waals surface area contributed by atoms with Gasteiger partial charge in [0.25, 0.3) is 5.91 Å². The van der Waals surface area contributed by atoms with Crippen LogP contribution in [-0.4, -0.2) is 42.3 Å². The predicted octanol–water partition coefficient (Wildman–Crippen LogP) is 1.98. The summed E-state index contributed by atoms with van der Waals surface area (Å²) in [6.07, 6.45) is 3.94. The van der Waals surface area contributed by atoms with E-state index in [1.807, 2.05) is 41.8 Å². The minimum Gasteiger partial charge on any atom is -0.336 e. The molecule has 3 aromatic rings. The van der Waals surface area contributed by atoms with E-state index < -0.39 is 0 Å². The average molecular weight is 310 g/mol. The zero-order chi connectivity index (χ0) is 16.0. The Morgan fingerprint density at radius 2 is 2.13 bits per heavy atom. The summed E-state index contributed by atoms with van der Waals surface area (Å²) in [7, 11) is 1.98. The molecule has 4 rings (SSSR count). The summed E-state index contributed by atoms with van der Waals surface area (Å²) in [5.74, 6) is 0.980. The number of hydrogen-bond acceptors (Lipinski definition) is 4. The molecule has 1 aliphatic rings. The monoisotopic (exact) mass is 310 g/mol. The van der Waals surface area contributed by atoms with Crippen LogP contribution in [0.25, 0.3) is 11.0 Å². The van der Waals surface area contributed by atoms with Crippen molar-refractivity contribution in [3.05, 3.63) is 41.5 Å². The van der Waals surface area contributed by atoms with Crippen molar-refractivity contribution >= 4 is 16.9 Å². The molecule has 2 aromatic heterocycles. The number of aromatic amines is 1. The molecule has 1 aromatic carbocycles. The number of benzene rings is 1. The predicted molar refractivity (Wildman–Crippen MR) is 84.8 cm³/mol. The third-order valence-electron chi connectivity index (χ3n) is 4.41. The van der Waals surface area contributed by atoms with E-state index in [2.05, 4.69) is 20.4 Å². The van der Waals surface area contributed by atoms with Gasteiger partial charge in [0.15, 0.2) is 0 Å². The molecule has 0 bridgehead atoms. The van der Waals surface area contributed by atoms with E-state index in [0.29, 0.717) is 11.1 Å². The molecule has 1 amide bonds. The van der Waals surface area contributed by atoms with Crippen LogP contribution in [0.3, 0.4) is 0 Å². The Hall–Kier alpha value is -2.70. The van der Waals surface area contributed by atoms with E-state index >= 15 is 0 Å². The lowest BCUT2D eigenvalue weighted by Gasteiger charge is -2.24. The van der Waals surface area contributed by atoms with Crippen LogP contribution in [0.5, 0.6) is 0 Å². The van der Waals surface area contributed by atoms with E-state index in [-0.39, 0.29) is 11.9 Å². The first-order valence-electron chi connectivity index (χ1n) is 7.75. The molecule has 0 spiro atoms. The van der Waals surface area contributed by atoms with Crippen molar-refractivity contribution in [1.82, 2.24) is 29.9 Å². The van der Waals surface area contributed by atoms with Crippen LogP contribution >= 0.6 is 0 Å². The van der Waals surface area contributed by atoms with Gasteiger partial charge in [-0.25, -0.2) is 4.98 Å². The topological polar surface area (TPSA) is 79.7 Å². The molecule has 118 valence electrons. The first-order valence-corrected chi connectivity index (χ1v) is 7.75. The van der Waals surface area contributed by atoms with Gasteiger partial charge in [-0.15, -0.1) is 0 Å². The highest BCUT2D eigenvalue weighted by Gasteiger charge is 2.33. The van der Waals surface area contributed by atoms with Crippen molar-refractivity contribution < 1.29 is 4.79 Å². The van der Waals surface area contributed by atoms with Crippen LogP contribution in [0.2, 0.25) is 0 Å². The lowest BCUT2D eigenvalue weighted by Crippen LogP contribution is -2.31. The Kier molecular flexibility index (Phi) is 3.14. The molecular weight excluding hydrogens is 292 g/mol. The van der Waals surface area contributed by atoms with E-state index in [1.54, 1.807) is 6.07 Å². The zero-order valence-corrected chi connectivity index (χ0v) is 13.2. The van der Waals surface area contributed by atoms with Gasteiger partial charge in [0.2, 0.25) is 0 Å². The first-order chi connectivity index (χ1) is 11.1. The van der Waals surface area contributed by atoms with Gasteiger partial charge in [0.05, 0.1) is 11.7 Å². The number of nitrogens with one attached hydrogen (secondary N) is 1. The molecule has 3 heterocycles. The largest absolute Gasteiger partial charge is 0.336 e. The lowest BCUT2D eigenvalue weighted by atomic mass is 10.1. The van der Waals surface area contributed by atoms with Gasteiger partial charge < -0.3 is 9.47 Å². The fraction of sp³-hybridized carbons (Fsp3) is 0.375. The van der Waals surface area contributed by atoms with E-state index in [0.717, 1.165) is 36.4 Å². The second-order valence-corrected chi connectivity index (χ2v) is 6.04. The molecular formula is C16H18N6O. The van der Waals surface area contributed by atoms with Crippen LogP contribution in [-0.2, 0) is 7.05 Å². The molecule has 7 heteroatoms. The van der Waals surface area contributed by atoms with E-state index in [9.17, 15) is 4.79 Å². The number of carbonyl (C=O) groups is 1. The molecule has 0 aliphatic carbocycles. The minimum absolute atomic E-state index is 0.0260. The van der Waals surface area contributed by atoms with Crippen molar-refractivity contribution in [3.8, 4) is 0 Å². The zero-order valence-electron chi connectivity index (χ0n) is 13.2. The molecule has 1 atom stereocenters. The maximum absolute atomic E-state index is 12.9. The number of hydrogen-bond donors (Lipinski definition) is 1. The van der Waals surface area contributed by atoms with Gasteiger partial charge >= 0.3 is 0 Å². The normalized spacial score (nSPS) is 18.0. The van der Waals surface area contributed by atoms with Crippen LogP contribution in [0.4, 0.5) is 0 Å². The summed E-state index contributed by atoms with van der Waals surface area (Å²) in [6.45, 7) is 2.73. The number of aromatic nitrogens is 5. The van der Waals surface area contributed by atoms with Gasteiger partial charge in [-0.2, -0.15) is 15.4 Å². The maximum atomic E-state index is 12.9. The van der Waals surface area contributed by atoms with Crippen LogP contribution in [0.15, 0.2) is 24.4 Å². The summed E-state index contributed by atoms with van der Waals surface area (Å²) < 4.78 is 2.02. The second kappa shape index (κ2) is 5.19. The molecule has 1 saturated heterocycles. The third-order valence-corrected chi connectivity index (χ3v) is 4.41. The maximum Gasteiger partial charge on any atom is 0.254 e. The highest BCUT2D eigenvalue weighted by Crippen LogP contribution is 2.32. The standard InChI is InChI=1S/C16H18N6O/c1-10-9-21(2)15(17-10)14-4-3-7-22(14)16(23)11-5-6-12-13(8-11)19-20-18-12/h5-6,8-9,14H,3-4,7H2,1-2H3,(H,18,19,20)/t14-/m0/s1. The van der Waals surface area contributed by atoms with Gasteiger partial charge in [-0.3, -0.25) is 4.79 Å². The van der Waals surface area contributed by atoms with Gasteiger partial charge in [-0.1, -0.05) is 0 Å². The number of likely N-dealkylation sites (tertiary alicyclic amines) is 1. The van der Waals surface area contributed by atoms with E-state index in [4.69, 9.17) is 0 Å². The van der Waals surface area contributed by atoms with Crippen molar-refractivity contribution in [2.24, 2.45) is 7.05 Å². The summed E-state index contributed by atoms with van der Waals surface area (Å²) in [5, 5.41) is 10.7. The number of H-pyrrole nitrogens is 1. The van der Waals surface area contributed by atoms with Gasteiger partial charge in [0, 0.05) is 25.4 Å². The number of amides is 1. The number of fused-ring (bicyclic) bond motifs is 1. The summed E-state index contributed by atoms with van der Waals surface area (Å²) >= 11 is 0. The Morgan fingerprint density at radius 3 is 2.91 bits per heavy atom. The van der Waals surface area contributed by atoms with Crippen LogP contribution in [0.1, 0.15) is 40.8 Å². The van der Waals surface area contributed by atoms with Gasteiger partial charge in [0.1, 0.15) is 16.9 Å². The smallest absolute Gasteiger partial charge is 0.254 e. The quantitative estimate of drug-likeness (QED) is 0.785. The first kappa shape index (κ1) is 13.9. The molecule has 23 heavy (non-hydrogen) atoms. The minimum atomic E-state index is 0.0260. The summed E-state index contributed by atoms with van der Waals surface area (Å²) in [6, 6.07) is 5.46. The number of carbonyl (C=O) groups excluding carboxylic acids is 1. The van der Waals surface area contributed by atoms with Crippen molar-refractivity contribution in [3.63, 3.8) is 0 Å². The molecule has 1 N–H and O–H groups in total. The van der Waals surface area contributed by atoms with Crippen molar-refractivity contribution in [2.45, 2.75) is 25.8 Å². The third kappa shape index (κ3) is 2.28. The Balaban J connectivity index is 1.67. The average Bonchev–Trinajstić information content (AvgIpc) is 3.24. The Labute approximate surface area is 133 Å². The van der Waals surface area contributed by atoms with Crippen LogP contribution < -0.4 is 0 Å². The molecule has 7 nitrogen and oxygen atoms in total. The fourth-order valence-electron chi connectivity index (χ4n) is 3.36. The molecule has 0 saturated carbocycles. The van der Waals surface area contributed by atoms with Gasteiger partial charge in [-0.05, 0) is 38.0 Å². The SMILES string of the molecule is Cc1cn(C)c([C@@H]2CCCN2C(=O)c2ccc3n[nH]nc3c2)n1. The summed E-state index contributed by atoms with van der Waals surface area (Å²) in [4.78, 5) is 19.5. The fourth-order valence-corrected chi connectivity index (χ4v) is 3.36. The Bertz CT molecular complexity index is 880. The molecule has 1 fully saturated rings. The van der Waals surface area contributed by atoms with Crippen molar-refractivity contribution in [2.75, 3.05) is 6.54 Å².